The van der Waals surface area contributed by atoms with E-state index < -0.39 is 11.5 Å². The summed E-state index contributed by atoms with van der Waals surface area (Å²) in [5, 5.41) is 9.70. The molecule has 6 heteroatoms. The van der Waals surface area contributed by atoms with E-state index in [-0.39, 0.29) is 5.56 Å². The molecule has 0 bridgehead atoms. The summed E-state index contributed by atoms with van der Waals surface area (Å²) < 4.78 is 12.5. The smallest absolute Gasteiger partial charge is 0.341 e. The van der Waals surface area contributed by atoms with Crippen molar-refractivity contribution in [2.24, 2.45) is 7.05 Å². The Labute approximate surface area is 114 Å². The van der Waals surface area contributed by atoms with Gasteiger partial charge in [0.15, 0.2) is 11.5 Å². The molecule has 6 nitrogen and oxygen atoms in total. The number of fused-ring (bicyclic) bond motifs is 2. The van der Waals surface area contributed by atoms with Crippen LogP contribution in [0.4, 0.5) is 0 Å². The van der Waals surface area contributed by atoms with Crippen molar-refractivity contribution in [3.8, 4) is 11.5 Å². The van der Waals surface area contributed by atoms with E-state index >= 15 is 0 Å². The van der Waals surface area contributed by atoms with Crippen molar-refractivity contribution in [1.29, 1.82) is 0 Å². The van der Waals surface area contributed by atoms with Crippen LogP contribution in [0.2, 0.25) is 0 Å². The molecule has 1 aliphatic heterocycles. The molecule has 1 aromatic carbocycles. The predicted octanol–water partition coefficient (Wildman–Crippen LogP) is 1.40. The molecule has 0 atom stereocenters. The van der Waals surface area contributed by atoms with Gasteiger partial charge in [-0.1, -0.05) is 0 Å². The van der Waals surface area contributed by atoms with Gasteiger partial charge in [-0.3, -0.25) is 4.79 Å². The first-order valence-electron chi connectivity index (χ1n) is 6.24. The largest absolute Gasteiger partial charge is 0.490 e. The lowest BCUT2D eigenvalue weighted by Crippen LogP contribution is -2.24. The van der Waals surface area contributed by atoms with Crippen molar-refractivity contribution in [3.63, 3.8) is 0 Å². The molecule has 0 saturated heterocycles. The predicted molar refractivity (Wildman–Crippen MR) is 71.8 cm³/mol. The zero-order valence-corrected chi connectivity index (χ0v) is 10.9. The second-order valence-corrected chi connectivity index (χ2v) is 4.64. The van der Waals surface area contributed by atoms with Crippen LogP contribution in [-0.2, 0) is 7.05 Å². The number of hydrogen-bond acceptors (Lipinski definition) is 4. The molecular formula is C14H13NO5. The van der Waals surface area contributed by atoms with Crippen LogP contribution < -0.4 is 15.0 Å². The van der Waals surface area contributed by atoms with Crippen LogP contribution in [0.15, 0.2) is 23.0 Å². The average molecular weight is 275 g/mol. The van der Waals surface area contributed by atoms with Gasteiger partial charge in [0, 0.05) is 24.9 Å². The number of benzene rings is 1. The highest BCUT2D eigenvalue weighted by Gasteiger charge is 2.17. The van der Waals surface area contributed by atoms with Crippen LogP contribution in [0, 0.1) is 0 Å². The van der Waals surface area contributed by atoms with Gasteiger partial charge in [-0.05, 0) is 12.1 Å². The van der Waals surface area contributed by atoms with E-state index in [1.54, 1.807) is 19.2 Å². The minimum Gasteiger partial charge on any atom is -0.490 e. The van der Waals surface area contributed by atoms with Gasteiger partial charge in [0.05, 0.1) is 18.7 Å². The van der Waals surface area contributed by atoms with E-state index in [2.05, 4.69) is 0 Å². The summed E-state index contributed by atoms with van der Waals surface area (Å²) in [7, 11) is 1.54. The molecule has 0 radical (unpaired) electrons. The third-order valence-electron chi connectivity index (χ3n) is 3.32. The van der Waals surface area contributed by atoms with Crippen LogP contribution in [0.1, 0.15) is 16.8 Å². The standard InChI is InChI=1S/C14H13NO5/c1-15-10-7-12-11(19-3-2-4-20-12)6-8(10)5-9(13(15)16)14(17)18/h5-7H,2-4H2,1H3,(H,17,18). The Morgan fingerprint density at radius 1 is 1.20 bits per heavy atom. The SMILES string of the molecule is Cn1c(=O)c(C(=O)O)cc2cc3c(cc21)OCCCO3. The number of carboxylic acids is 1. The molecule has 1 N–H and O–H groups in total. The molecule has 0 aliphatic carbocycles. The summed E-state index contributed by atoms with van der Waals surface area (Å²) in [6, 6.07) is 4.79. The van der Waals surface area contributed by atoms with Gasteiger partial charge in [-0.2, -0.15) is 0 Å². The Morgan fingerprint density at radius 3 is 2.50 bits per heavy atom. The quantitative estimate of drug-likeness (QED) is 0.851. The number of nitrogens with zero attached hydrogens (tertiary/aromatic N) is 1. The Hall–Kier alpha value is -2.50. The number of aromatic nitrogens is 1. The zero-order valence-electron chi connectivity index (χ0n) is 10.9. The normalized spacial score (nSPS) is 14.1. The van der Waals surface area contributed by atoms with Crippen LogP contribution in [0.5, 0.6) is 11.5 Å². The first kappa shape index (κ1) is 12.5. The number of rotatable bonds is 1. The minimum atomic E-state index is -1.24. The Balaban J connectivity index is 2.32. The molecule has 20 heavy (non-hydrogen) atoms. The Morgan fingerprint density at radius 2 is 1.85 bits per heavy atom. The third-order valence-corrected chi connectivity index (χ3v) is 3.32. The Bertz CT molecular complexity index is 762. The van der Waals surface area contributed by atoms with Crippen molar-refractivity contribution in [1.82, 2.24) is 4.57 Å². The van der Waals surface area contributed by atoms with Gasteiger partial charge in [-0.15, -0.1) is 0 Å². The van der Waals surface area contributed by atoms with Crippen molar-refractivity contribution >= 4 is 16.9 Å². The molecule has 104 valence electrons. The molecule has 3 rings (SSSR count). The van der Waals surface area contributed by atoms with Crippen LogP contribution in [0.3, 0.4) is 0 Å². The summed E-state index contributed by atoms with van der Waals surface area (Å²) in [6.07, 6.45) is 0.782. The molecule has 0 amide bonds. The highest BCUT2D eigenvalue weighted by Crippen LogP contribution is 2.33. The van der Waals surface area contributed by atoms with Crippen molar-refractivity contribution in [2.45, 2.75) is 6.42 Å². The van der Waals surface area contributed by atoms with Crippen molar-refractivity contribution in [2.75, 3.05) is 13.2 Å². The molecule has 0 spiro atoms. The first-order valence-corrected chi connectivity index (χ1v) is 6.24. The maximum absolute atomic E-state index is 12.0. The van der Waals surface area contributed by atoms with Gasteiger partial charge < -0.3 is 19.1 Å². The highest BCUT2D eigenvalue weighted by atomic mass is 16.5. The maximum atomic E-state index is 12.0. The molecule has 2 aromatic rings. The summed E-state index contributed by atoms with van der Waals surface area (Å²) in [6.45, 7) is 1.11. The van der Waals surface area contributed by atoms with Gasteiger partial charge in [0.25, 0.3) is 5.56 Å². The summed E-state index contributed by atoms with van der Waals surface area (Å²) in [4.78, 5) is 23.1. The molecule has 0 fully saturated rings. The Kier molecular flexibility index (Phi) is 2.85. The summed E-state index contributed by atoms with van der Waals surface area (Å²) >= 11 is 0. The molecule has 2 heterocycles. The third kappa shape index (κ3) is 1.89. The van der Waals surface area contributed by atoms with Crippen molar-refractivity contribution < 1.29 is 19.4 Å². The second kappa shape index (κ2) is 4.56. The monoisotopic (exact) mass is 275 g/mol. The fourth-order valence-corrected chi connectivity index (χ4v) is 2.28. The van der Waals surface area contributed by atoms with E-state index in [9.17, 15) is 9.59 Å². The molecule has 0 unspecified atom stereocenters. The second-order valence-electron chi connectivity index (χ2n) is 4.64. The van der Waals surface area contributed by atoms with E-state index in [1.165, 1.54) is 10.6 Å². The van der Waals surface area contributed by atoms with E-state index in [1.807, 2.05) is 0 Å². The van der Waals surface area contributed by atoms with Crippen LogP contribution in [0.25, 0.3) is 10.9 Å². The highest BCUT2D eigenvalue weighted by molar-refractivity contribution is 5.93. The fraction of sp³-hybridized carbons (Fsp3) is 0.286. The lowest BCUT2D eigenvalue weighted by molar-refractivity contribution is 0.0694. The number of carbonyl (C=O) groups is 1. The minimum absolute atomic E-state index is 0.255. The van der Waals surface area contributed by atoms with Gasteiger partial charge in [-0.25, -0.2) is 4.79 Å². The number of hydrogen-bond donors (Lipinski definition) is 1. The topological polar surface area (TPSA) is 77.8 Å². The fourth-order valence-electron chi connectivity index (χ4n) is 2.28. The first-order chi connectivity index (χ1) is 9.58. The number of aryl methyl sites for hydroxylation is 1. The number of aromatic carboxylic acids is 1. The number of carboxylic acid groups (broad SMARTS) is 1. The zero-order chi connectivity index (χ0) is 14.3. The molecule has 0 saturated carbocycles. The van der Waals surface area contributed by atoms with E-state index in [4.69, 9.17) is 14.6 Å². The summed E-state index contributed by atoms with van der Waals surface area (Å²) in [5.41, 5.74) is -0.182. The van der Waals surface area contributed by atoms with Crippen LogP contribution in [-0.4, -0.2) is 28.9 Å². The molecule has 1 aliphatic rings. The average Bonchev–Trinajstić information content (AvgIpc) is 2.65. The number of ether oxygens (including phenoxy) is 2. The lowest BCUT2D eigenvalue weighted by atomic mass is 10.1. The van der Waals surface area contributed by atoms with Crippen molar-refractivity contribution in [3.05, 3.63) is 34.1 Å². The van der Waals surface area contributed by atoms with Gasteiger partial charge >= 0.3 is 5.97 Å². The van der Waals surface area contributed by atoms with E-state index in [0.717, 1.165) is 6.42 Å². The lowest BCUT2D eigenvalue weighted by Gasteiger charge is -2.12. The van der Waals surface area contributed by atoms with Gasteiger partial charge in [0.2, 0.25) is 0 Å². The number of pyridine rings is 1. The van der Waals surface area contributed by atoms with Crippen LogP contribution >= 0.6 is 0 Å². The maximum Gasteiger partial charge on any atom is 0.341 e. The van der Waals surface area contributed by atoms with E-state index in [0.29, 0.717) is 35.6 Å². The summed E-state index contributed by atoms with van der Waals surface area (Å²) in [5.74, 6) is -0.0855. The molecule has 1 aromatic heterocycles. The molecular weight excluding hydrogens is 262 g/mol. The van der Waals surface area contributed by atoms with Gasteiger partial charge in [0.1, 0.15) is 5.56 Å².